The molecule has 12 atom stereocenters. The lowest BCUT2D eigenvalue weighted by Crippen LogP contribution is -2.65. The van der Waals surface area contributed by atoms with E-state index in [1.54, 1.807) is 6.08 Å². The van der Waals surface area contributed by atoms with Gasteiger partial charge in [-0.2, -0.15) is 0 Å². The van der Waals surface area contributed by atoms with Crippen LogP contribution < -0.4 is 5.32 Å². The predicted octanol–water partition coefficient (Wildman–Crippen LogP) is 18.9. The lowest BCUT2D eigenvalue weighted by molar-refractivity contribution is -0.359. The lowest BCUT2D eigenvalue weighted by Gasteiger charge is -2.46. The Labute approximate surface area is 584 Å². The maximum Gasteiger partial charge on any atom is 0.220 e. The first kappa shape index (κ1) is 89.8. The van der Waals surface area contributed by atoms with Gasteiger partial charge in [-0.1, -0.05) is 392 Å². The fourth-order valence-corrected chi connectivity index (χ4v) is 14.2. The molecular formula is C81H157NO13. The summed E-state index contributed by atoms with van der Waals surface area (Å²) < 4.78 is 22.9. The molecule has 2 aliphatic rings. The predicted molar refractivity (Wildman–Crippen MR) is 392 cm³/mol. The van der Waals surface area contributed by atoms with Crippen LogP contribution in [0.5, 0.6) is 0 Å². The first-order chi connectivity index (χ1) is 46.6. The smallest absolute Gasteiger partial charge is 0.220 e. The number of unbranched alkanes of at least 4 members (excludes halogenated alkanes) is 58. The molecular weight excluding hydrogens is 1190 g/mol. The number of hydrogen-bond acceptors (Lipinski definition) is 13. The third-order valence-corrected chi connectivity index (χ3v) is 20.7. The van der Waals surface area contributed by atoms with Gasteiger partial charge in [0, 0.05) is 6.42 Å². The standard InChI is InChI=1S/C81H157NO13/c1-3-5-7-9-11-13-15-17-19-21-23-25-27-29-31-33-35-36-38-40-42-44-46-48-50-52-54-56-58-60-62-64-70(85)69(68-92-80-78(91)76(89)79(72(67-84)94-80)95-81-77(90)75(88)74(87)71(66-83)93-81)82-73(86)65-63-61-59-57-55-53-51-49-47-45-43-41-39-37-34-32-30-28-26-24-22-20-18-16-14-12-10-8-6-4-2/h62,64,69-72,74-81,83-85,87-91H,3-61,63,65-68H2,1-2H3,(H,82,86)/b64-62+. The Kier molecular flexibility index (Phi) is 62.4. The van der Waals surface area contributed by atoms with E-state index in [0.717, 1.165) is 44.9 Å². The highest BCUT2D eigenvalue weighted by Crippen LogP contribution is 2.30. The topological polar surface area (TPSA) is 228 Å². The summed E-state index contributed by atoms with van der Waals surface area (Å²) in [5.41, 5.74) is 0. The number of aliphatic hydroxyl groups excluding tert-OH is 8. The molecule has 1 amide bonds. The number of amides is 1. The zero-order valence-corrected chi connectivity index (χ0v) is 62.0. The van der Waals surface area contributed by atoms with Gasteiger partial charge in [0.2, 0.25) is 5.91 Å². The highest BCUT2D eigenvalue weighted by molar-refractivity contribution is 5.76. The van der Waals surface area contributed by atoms with Gasteiger partial charge in [-0.15, -0.1) is 0 Å². The summed E-state index contributed by atoms with van der Waals surface area (Å²) in [6.07, 6.45) is 67.4. The summed E-state index contributed by atoms with van der Waals surface area (Å²) in [4.78, 5) is 13.4. The first-order valence-electron chi connectivity index (χ1n) is 41.4. The number of rotatable bonds is 71. The molecule has 12 unspecified atom stereocenters. The number of carbonyl (C=O) groups is 1. The quantitative estimate of drug-likeness (QED) is 0.0204. The summed E-state index contributed by atoms with van der Waals surface area (Å²) in [6.45, 7) is 2.88. The average molecular weight is 1350 g/mol. The molecule has 0 spiro atoms. The van der Waals surface area contributed by atoms with Crippen molar-refractivity contribution in [1.29, 1.82) is 0 Å². The summed E-state index contributed by atoms with van der Waals surface area (Å²) in [7, 11) is 0. The molecule has 564 valence electrons. The van der Waals surface area contributed by atoms with Crippen LogP contribution in [-0.4, -0.2) is 140 Å². The molecule has 0 saturated carbocycles. The number of ether oxygens (including phenoxy) is 4. The van der Waals surface area contributed by atoms with E-state index in [1.807, 2.05) is 6.08 Å². The summed E-state index contributed by atoms with van der Waals surface area (Å²) in [5.74, 6) is -0.228. The highest BCUT2D eigenvalue weighted by atomic mass is 16.7. The summed E-state index contributed by atoms with van der Waals surface area (Å²) in [6, 6.07) is -0.913. The van der Waals surface area contributed by atoms with Crippen molar-refractivity contribution in [2.75, 3.05) is 19.8 Å². The van der Waals surface area contributed by atoms with Crippen molar-refractivity contribution in [2.45, 2.75) is 479 Å². The van der Waals surface area contributed by atoms with Crippen LogP contribution in [0.1, 0.15) is 406 Å². The Bertz CT molecular complexity index is 1640. The van der Waals surface area contributed by atoms with Crippen LogP contribution in [0, 0.1) is 0 Å². The van der Waals surface area contributed by atoms with E-state index >= 15 is 0 Å². The van der Waals surface area contributed by atoms with Gasteiger partial charge in [-0.3, -0.25) is 4.79 Å². The van der Waals surface area contributed by atoms with Crippen molar-refractivity contribution < 1.29 is 64.6 Å². The molecule has 0 aromatic heterocycles. The Morgan fingerprint density at radius 1 is 0.368 bits per heavy atom. The number of aliphatic hydroxyl groups is 8. The maximum absolute atomic E-state index is 13.4. The van der Waals surface area contributed by atoms with Crippen molar-refractivity contribution in [3.63, 3.8) is 0 Å². The minimum absolute atomic E-state index is 0.228. The van der Waals surface area contributed by atoms with Crippen molar-refractivity contribution in [3.8, 4) is 0 Å². The number of nitrogens with one attached hydrogen (secondary N) is 1. The summed E-state index contributed by atoms with van der Waals surface area (Å²) >= 11 is 0. The monoisotopic (exact) mass is 1350 g/mol. The van der Waals surface area contributed by atoms with Gasteiger partial charge in [-0.05, 0) is 19.3 Å². The van der Waals surface area contributed by atoms with Crippen molar-refractivity contribution in [1.82, 2.24) is 5.32 Å². The number of allylic oxidation sites excluding steroid dienone is 1. The molecule has 2 rings (SSSR count). The van der Waals surface area contributed by atoms with Crippen molar-refractivity contribution in [2.24, 2.45) is 0 Å². The zero-order valence-electron chi connectivity index (χ0n) is 62.0. The van der Waals surface area contributed by atoms with Crippen LogP contribution in [0.2, 0.25) is 0 Å². The minimum atomic E-state index is -1.79. The van der Waals surface area contributed by atoms with E-state index in [2.05, 4.69) is 19.2 Å². The Balaban J connectivity index is 1.60. The molecule has 2 fully saturated rings. The van der Waals surface area contributed by atoms with Crippen molar-refractivity contribution >= 4 is 5.91 Å². The molecule has 0 bridgehead atoms. The Morgan fingerprint density at radius 3 is 0.968 bits per heavy atom. The van der Waals surface area contributed by atoms with Crippen LogP contribution in [0.3, 0.4) is 0 Å². The maximum atomic E-state index is 13.4. The molecule has 2 aliphatic heterocycles. The SMILES string of the molecule is CCCCCCCCCCCCCCCCCCCCCCCCCCCCCCC/C=C/C(O)C(COC1OC(CO)C(OC2OC(CO)C(O)C(O)C2O)C(O)C1O)NC(=O)CCCCCCCCCCCCCCCCCCCCCCCCCCCCCCCC. The van der Waals surface area contributed by atoms with E-state index in [9.17, 15) is 45.6 Å². The normalized spacial score (nSPS) is 22.3. The van der Waals surface area contributed by atoms with Gasteiger partial charge < -0.3 is 65.1 Å². The second-order valence-electron chi connectivity index (χ2n) is 29.6. The largest absolute Gasteiger partial charge is 0.394 e. The zero-order chi connectivity index (χ0) is 68.7. The third-order valence-electron chi connectivity index (χ3n) is 20.7. The van der Waals surface area contributed by atoms with Gasteiger partial charge in [-0.25, -0.2) is 0 Å². The lowest BCUT2D eigenvalue weighted by atomic mass is 9.97. The molecule has 2 heterocycles. The van der Waals surface area contributed by atoms with Crippen LogP contribution in [0.4, 0.5) is 0 Å². The fraction of sp³-hybridized carbons (Fsp3) is 0.963. The van der Waals surface area contributed by atoms with Crippen molar-refractivity contribution in [3.05, 3.63) is 12.2 Å². The van der Waals surface area contributed by atoms with Crippen LogP contribution in [-0.2, 0) is 23.7 Å². The van der Waals surface area contributed by atoms with E-state index in [4.69, 9.17) is 18.9 Å². The molecule has 0 aromatic carbocycles. The Hall–Kier alpha value is -1.27. The molecule has 95 heavy (non-hydrogen) atoms. The second kappa shape index (κ2) is 66.0. The molecule has 0 aromatic rings. The van der Waals surface area contributed by atoms with Gasteiger partial charge in [0.25, 0.3) is 0 Å². The third kappa shape index (κ3) is 49.1. The molecule has 0 radical (unpaired) electrons. The minimum Gasteiger partial charge on any atom is -0.394 e. The van der Waals surface area contributed by atoms with Crippen LogP contribution in [0.25, 0.3) is 0 Å². The fourth-order valence-electron chi connectivity index (χ4n) is 14.2. The highest BCUT2D eigenvalue weighted by Gasteiger charge is 2.51. The summed E-state index contributed by atoms with van der Waals surface area (Å²) in [5, 5.41) is 87.7. The second-order valence-corrected chi connectivity index (χ2v) is 29.6. The molecule has 14 nitrogen and oxygen atoms in total. The first-order valence-corrected chi connectivity index (χ1v) is 41.4. The van der Waals surface area contributed by atoms with Gasteiger partial charge >= 0.3 is 0 Å². The number of carbonyl (C=O) groups excluding carboxylic acids is 1. The molecule has 9 N–H and O–H groups in total. The number of hydrogen-bond donors (Lipinski definition) is 9. The van der Waals surface area contributed by atoms with Gasteiger partial charge in [0.05, 0.1) is 32.0 Å². The molecule has 14 heteroatoms. The molecule has 2 saturated heterocycles. The Morgan fingerprint density at radius 2 is 0.653 bits per heavy atom. The van der Waals surface area contributed by atoms with Gasteiger partial charge in [0.1, 0.15) is 48.8 Å². The molecule has 0 aliphatic carbocycles. The van der Waals surface area contributed by atoms with Crippen LogP contribution >= 0.6 is 0 Å². The van der Waals surface area contributed by atoms with E-state index in [0.29, 0.717) is 0 Å². The van der Waals surface area contributed by atoms with E-state index in [-0.39, 0.29) is 18.9 Å². The van der Waals surface area contributed by atoms with Gasteiger partial charge in [0.15, 0.2) is 12.6 Å². The van der Waals surface area contributed by atoms with E-state index < -0.39 is 86.8 Å². The average Bonchev–Trinajstić information content (AvgIpc) is 0.801. The van der Waals surface area contributed by atoms with Crippen LogP contribution in [0.15, 0.2) is 12.2 Å². The van der Waals surface area contributed by atoms with E-state index in [1.165, 1.54) is 340 Å².